The maximum Gasteiger partial charge on any atom is 0.254 e. The molecule has 0 saturated carbocycles. The molecule has 1 amide bonds. The van der Waals surface area contributed by atoms with Gasteiger partial charge in [0, 0.05) is 36.8 Å². The standard InChI is InChI=1S/C20H21ClN2O/c1-22-11-13-23(14-12-22)20(24)18(16-7-3-2-4-8-16)15-17-9-5-6-10-19(17)21/h2-10,15H,11-14H2,1H3/b18-15+. The van der Waals surface area contributed by atoms with Crippen molar-refractivity contribution < 1.29 is 4.79 Å². The Bertz CT molecular complexity index is 734. The number of carbonyl (C=O) groups excluding carboxylic acids is 1. The first-order valence-corrected chi connectivity index (χ1v) is 8.52. The summed E-state index contributed by atoms with van der Waals surface area (Å²) in [7, 11) is 2.08. The molecule has 2 aromatic carbocycles. The lowest BCUT2D eigenvalue weighted by molar-refractivity contribution is -0.126. The van der Waals surface area contributed by atoms with E-state index in [1.165, 1.54) is 0 Å². The van der Waals surface area contributed by atoms with E-state index in [0.29, 0.717) is 10.6 Å². The third-order valence-corrected chi connectivity index (χ3v) is 4.65. The summed E-state index contributed by atoms with van der Waals surface area (Å²) in [6, 6.07) is 17.4. The van der Waals surface area contributed by atoms with Crippen molar-refractivity contribution in [1.29, 1.82) is 0 Å². The topological polar surface area (TPSA) is 23.6 Å². The number of carbonyl (C=O) groups is 1. The molecule has 3 rings (SSSR count). The molecule has 1 aliphatic heterocycles. The Labute approximate surface area is 148 Å². The van der Waals surface area contributed by atoms with Crippen LogP contribution in [0.15, 0.2) is 54.6 Å². The van der Waals surface area contributed by atoms with Crippen molar-refractivity contribution >= 4 is 29.2 Å². The Morgan fingerprint density at radius 1 is 0.958 bits per heavy atom. The molecule has 0 aromatic heterocycles. The highest BCUT2D eigenvalue weighted by molar-refractivity contribution is 6.33. The second-order valence-corrected chi connectivity index (χ2v) is 6.45. The van der Waals surface area contributed by atoms with Crippen LogP contribution >= 0.6 is 11.6 Å². The Balaban J connectivity index is 1.97. The average molecular weight is 341 g/mol. The van der Waals surface area contributed by atoms with Crippen LogP contribution < -0.4 is 0 Å². The fourth-order valence-corrected chi connectivity index (χ4v) is 3.00. The summed E-state index contributed by atoms with van der Waals surface area (Å²) in [5.41, 5.74) is 2.47. The van der Waals surface area contributed by atoms with Gasteiger partial charge in [0.15, 0.2) is 0 Å². The summed E-state index contributed by atoms with van der Waals surface area (Å²) in [5.74, 6) is 0.0641. The van der Waals surface area contributed by atoms with E-state index in [0.717, 1.165) is 37.3 Å². The van der Waals surface area contributed by atoms with E-state index >= 15 is 0 Å². The summed E-state index contributed by atoms with van der Waals surface area (Å²) in [5, 5.41) is 0.650. The third kappa shape index (κ3) is 3.86. The van der Waals surface area contributed by atoms with Crippen LogP contribution in [-0.4, -0.2) is 48.9 Å². The molecule has 0 radical (unpaired) electrons. The molecule has 24 heavy (non-hydrogen) atoms. The predicted molar refractivity (Wildman–Crippen MR) is 99.8 cm³/mol. The van der Waals surface area contributed by atoms with Gasteiger partial charge in [-0.05, 0) is 30.3 Å². The van der Waals surface area contributed by atoms with Crippen molar-refractivity contribution in [1.82, 2.24) is 9.80 Å². The van der Waals surface area contributed by atoms with Crippen LogP contribution in [0.4, 0.5) is 0 Å². The summed E-state index contributed by atoms with van der Waals surface area (Å²) < 4.78 is 0. The fourth-order valence-electron chi connectivity index (χ4n) is 2.81. The summed E-state index contributed by atoms with van der Waals surface area (Å²) in [6.45, 7) is 3.31. The molecule has 0 bridgehead atoms. The van der Waals surface area contributed by atoms with Crippen molar-refractivity contribution in [2.75, 3.05) is 33.2 Å². The maximum atomic E-state index is 13.1. The van der Waals surface area contributed by atoms with Crippen molar-refractivity contribution in [2.24, 2.45) is 0 Å². The second-order valence-electron chi connectivity index (χ2n) is 6.04. The van der Waals surface area contributed by atoms with Crippen LogP contribution in [0, 0.1) is 0 Å². The maximum absolute atomic E-state index is 13.1. The monoisotopic (exact) mass is 340 g/mol. The van der Waals surface area contributed by atoms with Crippen LogP contribution in [0.2, 0.25) is 5.02 Å². The van der Waals surface area contributed by atoms with E-state index in [2.05, 4.69) is 11.9 Å². The Morgan fingerprint density at radius 3 is 2.25 bits per heavy atom. The number of benzene rings is 2. The van der Waals surface area contributed by atoms with Gasteiger partial charge in [-0.2, -0.15) is 0 Å². The average Bonchev–Trinajstić information content (AvgIpc) is 2.62. The van der Waals surface area contributed by atoms with E-state index < -0.39 is 0 Å². The van der Waals surface area contributed by atoms with E-state index in [-0.39, 0.29) is 5.91 Å². The number of piperazine rings is 1. The Morgan fingerprint density at radius 2 is 1.58 bits per heavy atom. The normalized spacial score (nSPS) is 16.2. The van der Waals surface area contributed by atoms with Crippen molar-refractivity contribution in [3.8, 4) is 0 Å². The minimum Gasteiger partial charge on any atom is -0.336 e. The molecule has 3 nitrogen and oxygen atoms in total. The van der Waals surface area contributed by atoms with Gasteiger partial charge in [0.1, 0.15) is 0 Å². The molecule has 0 unspecified atom stereocenters. The third-order valence-electron chi connectivity index (χ3n) is 4.31. The molecule has 4 heteroatoms. The number of hydrogen-bond acceptors (Lipinski definition) is 2. The lowest BCUT2D eigenvalue weighted by Crippen LogP contribution is -2.47. The highest BCUT2D eigenvalue weighted by Crippen LogP contribution is 2.25. The molecule has 0 spiro atoms. The summed E-state index contributed by atoms with van der Waals surface area (Å²) >= 11 is 6.29. The predicted octanol–water partition coefficient (Wildman–Crippen LogP) is 3.65. The zero-order valence-electron chi connectivity index (χ0n) is 13.8. The minimum absolute atomic E-state index is 0.0641. The molecule has 124 valence electrons. The lowest BCUT2D eigenvalue weighted by atomic mass is 10.0. The van der Waals surface area contributed by atoms with E-state index in [1.807, 2.05) is 65.6 Å². The second kappa shape index (κ2) is 7.65. The number of rotatable bonds is 3. The zero-order valence-corrected chi connectivity index (χ0v) is 14.5. The molecule has 2 aromatic rings. The molecule has 1 aliphatic rings. The number of halogens is 1. The smallest absolute Gasteiger partial charge is 0.254 e. The van der Waals surface area contributed by atoms with Gasteiger partial charge in [-0.15, -0.1) is 0 Å². The van der Waals surface area contributed by atoms with Crippen LogP contribution in [0.5, 0.6) is 0 Å². The molecule has 1 saturated heterocycles. The summed E-state index contributed by atoms with van der Waals surface area (Å²) in [6.07, 6.45) is 1.90. The van der Waals surface area contributed by atoms with E-state index in [9.17, 15) is 4.79 Å². The van der Waals surface area contributed by atoms with Crippen LogP contribution in [-0.2, 0) is 4.79 Å². The van der Waals surface area contributed by atoms with Gasteiger partial charge < -0.3 is 9.80 Å². The van der Waals surface area contributed by atoms with E-state index in [1.54, 1.807) is 0 Å². The molecular formula is C20H21ClN2O. The van der Waals surface area contributed by atoms with Gasteiger partial charge in [-0.25, -0.2) is 0 Å². The first kappa shape index (κ1) is 16.7. The molecule has 0 N–H and O–H groups in total. The van der Waals surface area contributed by atoms with E-state index in [4.69, 9.17) is 11.6 Å². The molecule has 0 aliphatic carbocycles. The Hall–Kier alpha value is -2.10. The molecule has 0 atom stereocenters. The van der Waals surface area contributed by atoms with Crippen molar-refractivity contribution in [2.45, 2.75) is 0 Å². The van der Waals surface area contributed by atoms with Gasteiger partial charge in [-0.3, -0.25) is 4.79 Å². The van der Waals surface area contributed by atoms with Crippen LogP contribution in [0.25, 0.3) is 11.6 Å². The van der Waals surface area contributed by atoms with Crippen molar-refractivity contribution in [3.63, 3.8) is 0 Å². The largest absolute Gasteiger partial charge is 0.336 e. The van der Waals surface area contributed by atoms with Gasteiger partial charge >= 0.3 is 0 Å². The van der Waals surface area contributed by atoms with Gasteiger partial charge in [0.2, 0.25) is 0 Å². The van der Waals surface area contributed by atoms with Crippen LogP contribution in [0.3, 0.4) is 0 Å². The van der Waals surface area contributed by atoms with Gasteiger partial charge in [0.25, 0.3) is 5.91 Å². The number of likely N-dealkylation sites (N-methyl/N-ethyl adjacent to an activating group) is 1. The SMILES string of the molecule is CN1CCN(C(=O)/C(=C/c2ccccc2Cl)c2ccccc2)CC1. The van der Waals surface area contributed by atoms with Gasteiger partial charge in [-0.1, -0.05) is 60.1 Å². The highest BCUT2D eigenvalue weighted by Gasteiger charge is 2.23. The fraction of sp³-hybridized carbons (Fsp3) is 0.250. The first-order chi connectivity index (χ1) is 11.6. The summed E-state index contributed by atoms with van der Waals surface area (Å²) in [4.78, 5) is 17.3. The quantitative estimate of drug-likeness (QED) is 0.629. The lowest BCUT2D eigenvalue weighted by Gasteiger charge is -2.33. The van der Waals surface area contributed by atoms with Crippen LogP contribution in [0.1, 0.15) is 11.1 Å². The molecule has 1 fully saturated rings. The number of amides is 1. The minimum atomic E-state index is 0.0641. The van der Waals surface area contributed by atoms with Gasteiger partial charge in [0.05, 0.1) is 0 Å². The number of nitrogens with zero attached hydrogens (tertiary/aromatic N) is 2. The number of hydrogen-bond donors (Lipinski definition) is 0. The first-order valence-electron chi connectivity index (χ1n) is 8.14. The molecular weight excluding hydrogens is 320 g/mol. The van der Waals surface area contributed by atoms with Crippen molar-refractivity contribution in [3.05, 3.63) is 70.7 Å². The zero-order chi connectivity index (χ0) is 16.9. The Kier molecular flexibility index (Phi) is 5.34. The highest BCUT2D eigenvalue weighted by atomic mass is 35.5. The molecule has 1 heterocycles.